The fourth-order valence-corrected chi connectivity index (χ4v) is 11.2. The SMILES string of the molecule is CCCCCCC/C=C\C/C=C\CCCCCCCCCCCC(=O)OC(COC(=O)CCCCCCCCCCCCCCCCCCCC)COC(=O)CCCCCCCCCCCCCCCCCCCCCCCCC. The van der Waals surface area contributed by atoms with Crippen molar-refractivity contribution in [2.75, 3.05) is 13.2 Å². The van der Waals surface area contributed by atoms with E-state index in [2.05, 4.69) is 45.1 Å². The highest BCUT2D eigenvalue weighted by Crippen LogP contribution is 2.19. The first-order valence-electron chi connectivity index (χ1n) is 36.3. The molecular formula is C74H140O6. The molecule has 80 heavy (non-hydrogen) atoms. The van der Waals surface area contributed by atoms with Gasteiger partial charge in [-0.2, -0.15) is 0 Å². The largest absolute Gasteiger partial charge is 0.462 e. The second kappa shape index (κ2) is 69.4. The van der Waals surface area contributed by atoms with E-state index in [4.69, 9.17) is 14.2 Å². The van der Waals surface area contributed by atoms with Gasteiger partial charge in [0.15, 0.2) is 6.10 Å². The Bertz CT molecular complexity index is 1290. The van der Waals surface area contributed by atoms with Gasteiger partial charge >= 0.3 is 17.9 Å². The molecule has 6 nitrogen and oxygen atoms in total. The molecule has 0 fully saturated rings. The molecule has 0 spiro atoms. The molecule has 0 heterocycles. The summed E-state index contributed by atoms with van der Waals surface area (Å²) in [5, 5.41) is 0. The van der Waals surface area contributed by atoms with Crippen LogP contribution in [0.1, 0.15) is 412 Å². The average molecular weight is 1130 g/mol. The maximum atomic E-state index is 13.0. The van der Waals surface area contributed by atoms with Gasteiger partial charge in [-0.25, -0.2) is 0 Å². The Labute approximate surface area is 500 Å². The summed E-state index contributed by atoms with van der Waals surface area (Å²) >= 11 is 0. The molecule has 0 saturated heterocycles. The van der Waals surface area contributed by atoms with Crippen LogP contribution >= 0.6 is 0 Å². The highest BCUT2D eigenvalue weighted by atomic mass is 16.6. The number of ether oxygens (including phenoxy) is 3. The molecule has 1 unspecified atom stereocenters. The molecule has 0 rings (SSSR count). The lowest BCUT2D eigenvalue weighted by Gasteiger charge is -2.18. The van der Waals surface area contributed by atoms with E-state index in [0.717, 1.165) is 64.2 Å². The fraction of sp³-hybridized carbons (Fsp3) is 0.905. The van der Waals surface area contributed by atoms with Crippen molar-refractivity contribution in [1.29, 1.82) is 0 Å². The summed E-state index contributed by atoms with van der Waals surface area (Å²) in [5.74, 6) is -0.834. The lowest BCUT2D eigenvalue weighted by Crippen LogP contribution is -2.30. The first-order valence-corrected chi connectivity index (χ1v) is 36.3. The summed E-state index contributed by atoms with van der Waals surface area (Å²) in [6, 6.07) is 0. The first-order chi connectivity index (χ1) is 39.5. The summed E-state index contributed by atoms with van der Waals surface area (Å²) in [6.45, 7) is 6.72. The van der Waals surface area contributed by atoms with Crippen LogP contribution in [-0.2, 0) is 28.6 Å². The molecule has 0 radical (unpaired) electrons. The summed E-state index contributed by atoms with van der Waals surface area (Å²) in [7, 11) is 0. The smallest absolute Gasteiger partial charge is 0.306 e. The lowest BCUT2D eigenvalue weighted by atomic mass is 10.0. The molecule has 0 bridgehead atoms. The van der Waals surface area contributed by atoms with E-state index >= 15 is 0 Å². The van der Waals surface area contributed by atoms with Gasteiger partial charge in [0.25, 0.3) is 0 Å². The Balaban J connectivity index is 4.29. The Kier molecular flexibility index (Phi) is 67.6. The molecule has 6 heteroatoms. The van der Waals surface area contributed by atoms with Gasteiger partial charge in [0, 0.05) is 19.3 Å². The van der Waals surface area contributed by atoms with Gasteiger partial charge in [0.1, 0.15) is 13.2 Å². The van der Waals surface area contributed by atoms with Crippen LogP contribution in [0.15, 0.2) is 24.3 Å². The van der Waals surface area contributed by atoms with E-state index in [1.54, 1.807) is 0 Å². The predicted octanol–water partition coefficient (Wildman–Crippen LogP) is 25.0. The standard InChI is InChI=1S/C74H140O6/c1-4-7-10-13-16-19-22-25-28-31-34-36-37-39-40-43-46-49-52-55-58-61-64-67-73(76)79-70-71(69-78-72(75)66-63-60-57-54-51-48-45-42-33-30-27-24-21-18-15-12-9-6-3)80-74(77)68-65-62-59-56-53-50-47-44-41-38-35-32-29-26-23-20-17-14-11-8-5-2/h23,26,32,35,71H,4-22,24-25,27-31,33-34,36-70H2,1-3H3/b26-23-,35-32-. The van der Waals surface area contributed by atoms with E-state index in [9.17, 15) is 14.4 Å². The van der Waals surface area contributed by atoms with Gasteiger partial charge in [-0.05, 0) is 51.4 Å². The average Bonchev–Trinajstić information content (AvgIpc) is 3.46. The first kappa shape index (κ1) is 77.9. The molecule has 0 aliphatic carbocycles. The number of carbonyl (C=O) groups is 3. The molecule has 0 N–H and O–H groups in total. The van der Waals surface area contributed by atoms with Crippen LogP contribution < -0.4 is 0 Å². The second-order valence-corrected chi connectivity index (χ2v) is 24.9. The third kappa shape index (κ3) is 66.7. The molecule has 1 atom stereocenters. The van der Waals surface area contributed by atoms with Gasteiger partial charge < -0.3 is 14.2 Å². The summed E-state index contributed by atoms with van der Waals surface area (Å²) in [5.41, 5.74) is 0. The quantitative estimate of drug-likeness (QED) is 0.0261. The van der Waals surface area contributed by atoms with Crippen molar-refractivity contribution in [3.05, 3.63) is 24.3 Å². The van der Waals surface area contributed by atoms with E-state index < -0.39 is 6.10 Å². The van der Waals surface area contributed by atoms with Crippen molar-refractivity contribution in [1.82, 2.24) is 0 Å². The van der Waals surface area contributed by atoms with Crippen molar-refractivity contribution in [2.45, 2.75) is 419 Å². The van der Waals surface area contributed by atoms with Crippen molar-refractivity contribution in [2.24, 2.45) is 0 Å². The van der Waals surface area contributed by atoms with Crippen molar-refractivity contribution >= 4 is 17.9 Å². The number of hydrogen-bond acceptors (Lipinski definition) is 6. The lowest BCUT2D eigenvalue weighted by molar-refractivity contribution is -0.167. The highest BCUT2D eigenvalue weighted by molar-refractivity contribution is 5.71. The summed E-state index contributed by atoms with van der Waals surface area (Å²) in [4.78, 5) is 38.5. The fourth-order valence-electron chi connectivity index (χ4n) is 11.2. The molecule has 0 aliphatic heterocycles. The maximum Gasteiger partial charge on any atom is 0.306 e. The van der Waals surface area contributed by atoms with Crippen LogP contribution in [0, 0.1) is 0 Å². The third-order valence-corrected chi connectivity index (χ3v) is 16.7. The van der Waals surface area contributed by atoms with Crippen LogP contribution in [0.4, 0.5) is 0 Å². The molecular weight excluding hydrogens is 985 g/mol. The number of esters is 3. The molecule has 0 aromatic rings. The van der Waals surface area contributed by atoms with Gasteiger partial charge in [-0.15, -0.1) is 0 Å². The minimum Gasteiger partial charge on any atom is -0.462 e. The van der Waals surface area contributed by atoms with Gasteiger partial charge in [-0.3, -0.25) is 14.4 Å². The summed E-state index contributed by atoms with van der Waals surface area (Å²) < 4.78 is 17.0. The van der Waals surface area contributed by atoms with Crippen LogP contribution in [0.25, 0.3) is 0 Å². The molecule has 0 aromatic heterocycles. The van der Waals surface area contributed by atoms with Crippen molar-refractivity contribution < 1.29 is 28.6 Å². The Morgan fingerprint density at radius 2 is 0.450 bits per heavy atom. The monoisotopic (exact) mass is 1130 g/mol. The maximum absolute atomic E-state index is 13.0. The number of hydrogen-bond donors (Lipinski definition) is 0. The molecule has 472 valence electrons. The van der Waals surface area contributed by atoms with Crippen LogP contribution in [0.2, 0.25) is 0 Å². The van der Waals surface area contributed by atoms with Crippen molar-refractivity contribution in [3.63, 3.8) is 0 Å². The molecule has 0 aliphatic rings. The Morgan fingerprint density at radius 3 is 0.688 bits per heavy atom. The highest BCUT2D eigenvalue weighted by Gasteiger charge is 2.19. The summed E-state index contributed by atoms with van der Waals surface area (Å²) in [6.07, 6.45) is 84.9. The molecule has 0 saturated carbocycles. The zero-order valence-corrected chi connectivity index (χ0v) is 54.4. The Morgan fingerprint density at radius 1 is 0.250 bits per heavy atom. The van der Waals surface area contributed by atoms with E-state index in [0.29, 0.717) is 19.3 Å². The number of allylic oxidation sites excluding steroid dienone is 4. The van der Waals surface area contributed by atoms with Crippen LogP contribution in [-0.4, -0.2) is 37.2 Å². The minimum atomic E-state index is -0.771. The number of unbranched alkanes of at least 4 members (excludes halogenated alkanes) is 53. The number of carbonyl (C=O) groups excluding carboxylic acids is 3. The molecule has 0 aromatic carbocycles. The minimum absolute atomic E-state index is 0.0661. The van der Waals surface area contributed by atoms with Gasteiger partial charge in [0.05, 0.1) is 0 Å². The normalized spacial score (nSPS) is 12.1. The predicted molar refractivity (Wildman–Crippen MR) is 349 cm³/mol. The molecule has 0 amide bonds. The topological polar surface area (TPSA) is 78.9 Å². The van der Waals surface area contributed by atoms with Crippen LogP contribution in [0.3, 0.4) is 0 Å². The van der Waals surface area contributed by atoms with Crippen LogP contribution in [0.5, 0.6) is 0 Å². The zero-order valence-electron chi connectivity index (χ0n) is 54.4. The van der Waals surface area contributed by atoms with E-state index in [-0.39, 0.29) is 31.1 Å². The van der Waals surface area contributed by atoms with Gasteiger partial charge in [-0.1, -0.05) is 366 Å². The van der Waals surface area contributed by atoms with E-state index in [1.807, 2.05) is 0 Å². The third-order valence-electron chi connectivity index (χ3n) is 16.7. The van der Waals surface area contributed by atoms with Gasteiger partial charge in [0.2, 0.25) is 0 Å². The number of rotatable bonds is 68. The van der Waals surface area contributed by atoms with E-state index in [1.165, 1.54) is 308 Å². The second-order valence-electron chi connectivity index (χ2n) is 24.9. The zero-order chi connectivity index (χ0) is 57.8. The Hall–Kier alpha value is -2.11. The van der Waals surface area contributed by atoms with Crippen molar-refractivity contribution in [3.8, 4) is 0 Å².